The highest BCUT2D eigenvalue weighted by Gasteiger charge is 2.19. The van der Waals surface area contributed by atoms with Crippen LogP contribution in [0.5, 0.6) is 0 Å². The molecule has 0 amide bonds. The Hall–Kier alpha value is -0.550. The molecular formula is C13H16Cl2N2OS. The predicted molar refractivity (Wildman–Crippen MR) is 80.3 cm³/mol. The molecule has 0 aliphatic carbocycles. The third-order valence-corrected chi connectivity index (χ3v) is 4.81. The van der Waals surface area contributed by atoms with E-state index >= 15 is 0 Å². The normalized spacial score (nSPS) is 12.9. The van der Waals surface area contributed by atoms with Crippen molar-refractivity contribution in [3.8, 4) is 0 Å². The first-order chi connectivity index (χ1) is 9.06. The van der Waals surface area contributed by atoms with Gasteiger partial charge >= 0.3 is 0 Å². The lowest BCUT2D eigenvalue weighted by Gasteiger charge is -2.10. The summed E-state index contributed by atoms with van der Waals surface area (Å²) >= 11 is 13.7. The third kappa shape index (κ3) is 3.14. The third-order valence-electron chi connectivity index (χ3n) is 3.00. The standard InChI is InChI=1S/C13H16Cl2N2OS/c1-3-9-13(15)10(17(4-2)16-9)6-11(18)12-5-8(14)7-19-12/h5,7,11,18H,3-4,6H2,1-2H3. The van der Waals surface area contributed by atoms with Crippen molar-refractivity contribution < 1.29 is 5.11 Å². The van der Waals surface area contributed by atoms with Crippen LogP contribution >= 0.6 is 34.5 Å². The summed E-state index contributed by atoms with van der Waals surface area (Å²) in [5, 5.41) is 17.9. The molecule has 0 radical (unpaired) electrons. The Morgan fingerprint density at radius 2 is 2.16 bits per heavy atom. The van der Waals surface area contributed by atoms with Gasteiger partial charge in [0, 0.05) is 23.2 Å². The van der Waals surface area contributed by atoms with Crippen LogP contribution in [0.1, 0.15) is 36.2 Å². The number of nitrogens with zero attached hydrogens (tertiary/aromatic N) is 2. The van der Waals surface area contributed by atoms with Crippen molar-refractivity contribution in [2.24, 2.45) is 0 Å². The van der Waals surface area contributed by atoms with Crippen molar-refractivity contribution in [1.29, 1.82) is 0 Å². The Bertz CT molecular complexity index is 565. The second-order valence-electron chi connectivity index (χ2n) is 4.26. The topological polar surface area (TPSA) is 38.0 Å². The average molecular weight is 319 g/mol. The molecule has 0 aliphatic heterocycles. The molecule has 0 spiro atoms. The van der Waals surface area contributed by atoms with E-state index in [1.54, 1.807) is 6.07 Å². The minimum absolute atomic E-state index is 0.455. The zero-order valence-corrected chi connectivity index (χ0v) is 13.2. The van der Waals surface area contributed by atoms with E-state index in [1.807, 2.05) is 23.9 Å². The zero-order chi connectivity index (χ0) is 14.0. The second-order valence-corrected chi connectivity index (χ2v) is 6.02. The second kappa shape index (κ2) is 6.27. The summed E-state index contributed by atoms with van der Waals surface area (Å²) in [6, 6.07) is 1.79. The number of aliphatic hydroxyl groups is 1. The first-order valence-corrected chi connectivity index (χ1v) is 7.86. The molecule has 1 unspecified atom stereocenters. The Balaban J connectivity index is 2.25. The van der Waals surface area contributed by atoms with Crippen molar-refractivity contribution in [3.63, 3.8) is 0 Å². The molecule has 1 N–H and O–H groups in total. The van der Waals surface area contributed by atoms with Crippen LogP contribution in [-0.4, -0.2) is 14.9 Å². The monoisotopic (exact) mass is 318 g/mol. The van der Waals surface area contributed by atoms with Crippen LogP contribution in [0.3, 0.4) is 0 Å². The first-order valence-electron chi connectivity index (χ1n) is 6.22. The molecule has 19 heavy (non-hydrogen) atoms. The van der Waals surface area contributed by atoms with Gasteiger partial charge in [-0.05, 0) is 19.4 Å². The van der Waals surface area contributed by atoms with E-state index in [2.05, 4.69) is 5.10 Å². The Labute approximate surface area is 126 Å². The van der Waals surface area contributed by atoms with Gasteiger partial charge in [0.15, 0.2) is 0 Å². The van der Waals surface area contributed by atoms with Gasteiger partial charge in [-0.1, -0.05) is 30.1 Å². The Morgan fingerprint density at radius 1 is 1.42 bits per heavy atom. The number of hydrogen-bond acceptors (Lipinski definition) is 3. The highest BCUT2D eigenvalue weighted by molar-refractivity contribution is 7.10. The van der Waals surface area contributed by atoms with E-state index in [-0.39, 0.29) is 0 Å². The minimum atomic E-state index is -0.596. The largest absolute Gasteiger partial charge is 0.387 e. The quantitative estimate of drug-likeness (QED) is 0.900. The van der Waals surface area contributed by atoms with E-state index in [1.165, 1.54) is 11.3 Å². The van der Waals surface area contributed by atoms with E-state index in [4.69, 9.17) is 23.2 Å². The van der Waals surface area contributed by atoms with Gasteiger partial charge in [0.2, 0.25) is 0 Å². The van der Waals surface area contributed by atoms with Crippen molar-refractivity contribution in [3.05, 3.63) is 37.8 Å². The molecule has 2 aromatic heterocycles. The number of aliphatic hydroxyl groups excluding tert-OH is 1. The lowest BCUT2D eigenvalue weighted by Crippen LogP contribution is -2.08. The highest BCUT2D eigenvalue weighted by Crippen LogP contribution is 2.30. The van der Waals surface area contributed by atoms with Gasteiger partial charge in [0.1, 0.15) is 0 Å². The van der Waals surface area contributed by atoms with Gasteiger partial charge < -0.3 is 5.11 Å². The molecule has 0 saturated heterocycles. The SMILES string of the molecule is CCc1nn(CC)c(CC(O)c2cc(Cl)cs2)c1Cl. The van der Waals surface area contributed by atoms with Gasteiger partial charge in [-0.2, -0.15) is 5.10 Å². The van der Waals surface area contributed by atoms with Crippen LogP contribution in [0.15, 0.2) is 11.4 Å². The van der Waals surface area contributed by atoms with E-state index in [0.29, 0.717) is 16.5 Å². The number of aromatic nitrogens is 2. The molecule has 0 fully saturated rings. The van der Waals surface area contributed by atoms with Gasteiger partial charge in [0.05, 0.1) is 27.5 Å². The summed E-state index contributed by atoms with van der Waals surface area (Å²) in [6.45, 7) is 4.78. The average Bonchev–Trinajstić information content (AvgIpc) is 2.95. The van der Waals surface area contributed by atoms with E-state index in [0.717, 1.165) is 29.2 Å². The van der Waals surface area contributed by atoms with E-state index in [9.17, 15) is 5.11 Å². The van der Waals surface area contributed by atoms with Crippen LogP contribution in [-0.2, 0) is 19.4 Å². The van der Waals surface area contributed by atoms with Gasteiger partial charge in [-0.3, -0.25) is 4.68 Å². The van der Waals surface area contributed by atoms with Crippen molar-refractivity contribution in [1.82, 2.24) is 9.78 Å². The van der Waals surface area contributed by atoms with Crippen LogP contribution in [0.2, 0.25) is 10.0 Å². The highest BCUT2D eigenvalue weighted by atomic mass is 35.5. The molecule has 0 aliphatic rings. The van der Waals surface area contributed by atoms with Crippen molar-refractivity contribution in [2.75, 3.05) is 0 Å². The summed E-state index contributed by atoms with van der Waals surface area (Å²) in [6.07, 6.45) is 0.651. The molecule has 0 aromatic carbocycles. The fraction of sp³-hybridized carbons (Fsp3) is 0.462. The number of hydrogen-bond donors (Lipinski definition) is 1. The van der Waals surface area contributed by atoms with Crippen LogP contribution in [0.4, 0.5) is 0 Å². The number of thiophene rings is 1. The van der Waals surface area contributed by atoms with Gasteiger partial charge in [-0.25, -0.2) is 0 Å². The summed E-state index contributed by atoms with van der Waals surface area (Å²) in [5.74, 6) is 0. The van der Waals surface area contributed by atoms with Crippen LogP contribution < -0.4 is 0 Å². The molecule has 104 valence electrons. The molecule has 1 atom stereocenters. The fourth-order valence-corrected chi connectivity index (χ4v) is 3.41. The molecule has 6 heteroatoms. The van der Waals surface area contributed by atoms with Crippen LogP contribution in [0, 0.1) is 0 Å². The van der Waals surface area contributed by atoms with Crippen molar-refractivity contribution >= 4 is 34.5 Å². The van der Waals surface area contributed by atoms with Crippen molar-refractivity contribution in [2.45, 2.75) is 39.3 Å². The maximum absolute atomic E-state index is 10.3. The lowest BCUT2D eigenvalue weighted by atomic mass is 10.1. The summed E-state index contributed by atoms with van der Waals surface area (Å²) < 4.78 is 1.86. The molecule has 2 rings (SSSR count). The maximum Gasteiger partial charge on any atom is 0.0938 e. The number of aryl methyl sites for hydroxylation is 2. The predicted octanol–water partition coefficient (Wildman–Crippen LogP) is 4.11. The molecule has 0 bridgehead atoms. The smallest absolute Gasteiger partial charge is 0.0938 e. The molecule has 2 heterocycles. The van der Waals surface area contributed by atoms with Crippen LogP contribution in [0.25, 0.3) is 0 Å². The molecule has 2 aromatic rings. The molecule has 0 saturated carbocycles. The first kappa shape index (κ1) is 14.9. The fourth-order valence-electron chi connectivity index (χ4n) is 2.00. The Kier molecular flexibility index (Phi) is 4.90. The summed E-state index contributed by atoms with van der Waals surface area (Å²) in [5.41, 5.74) is 1.77. The van der Waals surface area contributed by atoms with Gasteiger partial charge in [-0.15, -0.1) is 11.3 Å². The Morgan fingerprint density at radius 3 is 2.68 bits per heavy atom. The number of rotatable bonds is 5. The summed E-state index contributed by atoms with van der Waals surface area (Å²) in [4.78, 5) is 0.850. The maximum atomic E-state index is 10.3. The van der Waals surface area contributed by atoms with Gasteiger partial charge in [0.25, 0.3) is 0 Å². The number of halogens is 2. The molecular weight excluding hydrogens is 303 g/mol. The lowest BCUT2D eigenvalue weighted by molar-refractivity contribution is 0.179. The van der Waals surface area contributed by atoms with E-state index < -0.39 is 6.10 Å². The molecule has 3 nitrogen and oxygen atoms in total. The zero-order valence-electron chi connectivity index (χ0n) is 10.9. The minimum Gasteiger partial charge on any atom is -0.387 e. The summed E-state index contributed by atoms with van der Waals surface area (Å²) in [7, 11) is 0.